The van der Waals surface area contributed by atoms with Gasteiger partial charge < -0.3 is 10.1 Å². The first-order chi connectivity index (χ1) is 11.5. The van der Waals surface area contributed by atoms with Gasteiger partial charge in [0.1, 0.15) is 11.6 Å². The lowest BCUT2D eigenvalue weighted by Crippen LogP contribution is -2.31. The van der Waals surface area contributed by atoms with E-state index in [0.29, 0.717) is 28.5 Å². The number of carbonyl (C=O) groups is 1. The molecule has 1 amide bonds. The molecule has 1 aliphatic rings. The van der Waals surface area contributed by atoms with Gasteiger partial charge in [-0.15, -0.1) is 0 Å². The van der Waals surface area contributed by atoms with E-state index in [1.54, 1.807) is 25.3 Å². The number of ether oxygens (including phenoxy) is 1. The van der Waals surface area contributed by atoms with Crippen molar-refractivity contribution in [2.45, 2.75) is 45.8 Å². The Hall–Kier alpha value is -2.01. The Balaban J connectivity index is 1.65. The van der Waals surface area contributed by atoms with Crippen LogP contribution in [0.2, 0.25) is 5.02 Å². The number of rotatable bonds is 6. The topological polar surface area (TPSA) is 56.1 Å². The van der Waals surface area contributed by atoms with Gasteiger partial charge in [0, 0.05) is 11.1 Å². The van der Waals surface area contributed by atoms with E-state index in [0.717, 1.165) is 5.56 Å². The van der Waals surface area contributed by atoms with Gasteiger partial charge in [-0.2, -0.15) is 5.10 Å². The maximum Gasteiger partial charge on any atom is 0.266 e. The van der Waals surface area contributed by atoms with Crippen molar-refractivity contribution in [3.05, 3.63) is 41.0 Å². The first-order valence-corrected chi connectivity index (χ1v) is 8.60. The normalized spacial score (nSPS) is 16.5. The van der Waals surface area contributed by atoms with E-state index >= 15 is 0 Å². The van der Waals surface area contributed by atoms with E-state index in [2.05, 4.69) is 17.3 Å². The fourth-order valence-electron chi connectivity index (χ4n) is 2.73. The largest absolute Gasteiger partial charge is 0.481 e. The van der Waals surface area contributed by atoms with Crippen LogP contribution in [0.1, 0.15) is 38.3 Å². The van der Waals surface area contributed by atoms with Gasteiger partial charge in [0.25, 0.3) is 5.91 Å². The average molecular weight is 348 g/mol. The second kappa shape index (κ2) is 6.85. The molecule has 1 N–H and O–H groups in total. The molecule has 1 aliphatic carbocycles. The van der Waals surface area contributed by atoms with Crippen LogP contribution < -0.4 is 10.1 Å². The third-order valence-corrected chi connectivity index (χ3v) is 4.66. The van der Waals surface area contributed by atoms with Gasteiger partial charge in [-0.25, -0.2) is 4.68 Å². The first kappa shape index (κ1) is 16.8. The molecule has 0 aliphatic heterocycles. The summed E-state index contributed by atoms with van der Waals surface area (Å²) in [5, 5.41) is 7.91. The summed E-state index contributed by atoms with van der Waals surface area (Å²) in [5.74, 6) is 1.82. The molecule has 2 aromatic rings. The van der Waals surface area contributed by atoms with Crippen LogP contribution in [0.5, 0.6) is 5.75 Å². The molecule has 1 aromatic carbocycles. The molecular weight excluding hydrogens is 326 g/mol. The molecule has 1 saturated carbocycles. The van der Waals surface area contributed by atoms with Crippen molar-refractivity contribution >= 4 is 23.3 Å². The molecule has 5 nitrogen and oxygen atoms in total. The minimum Gasteiger partial charge on any atom is -0.481 e. The second-order valence-electron chi connectivity index (χ2n) is 6.40. The molecule has 1 aromatic heterocycles. The summed E-state index contributed by atoms with van der Waals surface area (Å²) < 4.78 is 7.66. The van der Waals surface area contributed by atoms with E-state index < -0.39 is 6.10 Å². The lowest BCUT2D eigenvalue weighted by Gasteiger charge is -2.19. The molecule has 2 unspecified atom stereocenters. The SMILES string of the molecule is Cc1cc(Cl)ccc1OC(C)C(=O)Nc1ccnn1C(C)C1CC1. The Morgan fingerprint density at radius 3 is 2.79 bits per heavy atom. The Bertz CT molecular complexity index is 740. The lowest BCUT2D eigenvalue weighted by atomic mass is 10.2. The Kier molecular flexibility index (Phi) is 4.81. The fourth-order valence-corrected chi connectivity index (χ4v) is 2.96. The smallest absolute Gasteiger partial charge is 0.266 e. The lowest BCUT2D eigenvalue weighted by molar-refractivity contribution is -0.122. The summed E-state index contributed by atoms with van der Waals surface area (Å²) >= 11 is 5.94. The number of hydrogen-bond donors (Lipinski definition) is 1. The highest BCUT2D eigenvalue weighted by atomic mass is 35.5. The zero-order chi connectivity index (χ0) is 17.3. The maximum absolute atomic E-state index is 12.5. The minimum absolute atomic E-state index is 0.200. The number of aryl methyl sites for hydroxylation is 1. The van der Waals surface area contributed by atoms with Crippen molar-refractivity contribution in [3.8, 4) is 5.75 Å². The molecular formula is C18H22ClN3O2. The molecule has 0 bridgehead atoms. The standard InChI is InChI=1S/C18H22ClN3O2/c1-11-10-15(19)6-7-16(11)24-13(3)18(23)21-17-8-9-20-22(17)12(2)14-4-5-14/h6-10,12-14H,4-5H2,1-3H3,(H,21,23). The van der Waals surface area contributed by atoms with Crippen LogP contribution in [-0.2, 0) is 4.79 Å². The summed E-state index contributed by atoms with van der Waals surface area (Å²) in [5.41, 5.74) is 0.898. The Labute approximate surface area is 147 Å². The highest BCUT2D eigenvalue weighted by Crippen LogP contribution is 2.40. The minimum atomic E-state index is -0.621. The number of benzene rings is 1. The number of carbonyl (C=O) groups excluding carboxylic acids is 1. The molecule has 128 valence electrons. The number of nitrogens with one attached hydrogen (secondary N) is 1. The summed E-state index contributed by atoms with van der Waals surface area (Å²) in [6, 6.07) is 7.46. The molecule has 0 saturated heterocycles. The van der Waals surface area contributed by atoms with Gasteiger partial charge in [-0.05, 0) is 63.3 Å². The predicted molar refractivity (Wildman–Crippen MR) is 94.6 cm³/mol. The zero-order valence-electron chi connectivity index (χ0n) is 14.1. The average Bonchev–Trinajstić information content (AvgIpc) is 3.29. The van der Waals surface area contributed by atoms with E-state index in [-0.39, 0.29) is 5.91 Å². The van der Waals surface area contributed by atoms with Gasteiger partial charge in [0.05, 0.1) is 12.2 Å². The van der Waals surface area contributed by atoms with Gasteiger partial charge in [-0.1, -0.05) is 11.6 Å². The zero-order valence-corrected chi connectivity index (χ0v) is 14.9. The summed E-state index contributed by atoms with van der Waals surface area (Å²) in [6.45, 7) is 5.77. The van der Waals surface area contributed by atoms with Gasteiger partial charge in [-0.3, -0.25) is 4.79 Å². The monoisotopic (exact) mass is 347 g/mol. The molecule has 24 heavy (non-hydrogen) atoms. The predicted octanol–water partition coefficient (Wildman–Crippen LogP) is 4.22. The Morgan fingerprint density at radius 2 is 2.12 bits per heavy atom. The van der Waals surface area contributed by atoms with E-state index in [9.17, 15) is 4.79 Å². The number of amides is 1. The van der Waals surface area contributed by atoms with Crippen molar-refractivity contribution in [1.82, 2.24) is 9.78 Å². The molecule has 0 spiro atoms. The first-order valence-electron chi connectivity index (χ1n) is 8.23. The number of aromatic nitrogens is 2. The van der Waals surface area contributed by atoms with Crippen LogP contribution in [0.15, 0.2) is 30.5 Å². The van der Waals surface area contributed by atoms with Crippen LogP contribution in [-0.4, -0.2) is 21.8 Å². The quantitative estimate of drug-likeness (QED) is 0.851. The molecule has 2 atom stereocenters. The number of hydrogen-bond acceptors (Lipinski definition) is 3. The van der Waals surface area contributed by atoms with Crippen molar-refractivity contribution in [2.24, 2.45) is 5.92 Å². The highest BCUT2D eigenvalue weighted by Gasteiger charge is 2.31. The Morgan fingerprint density at radius 1 is 1.38 bits per heavy atom. The number of halogens is 1. The van der Waals surface area contributed by atoms with E-state index in [1.165, 1.54) is 12.8 Å². The molecule has 6 heteroatoms. The van der Waals surface area contributed by atoms with Crippen molar-refractivity contribution in [3.63, 3.8) is 0 Å². The maximum atomic E-state index is 12.5. The van der Waals surface area contributed by atoms with E-state index in [1.807, 2.05) is 23.7 Å². The molecule has 3 rings (SSSR count). The van der Waals surface area contributed by atoms with Gasteiger partial charge >= 0.3 is 0 Å². The van der Waals surface area contributed by atoms with Crippen LogP contribution in [0.4, 0.5) is 5.82 Å². The molecule has 0 radical (unpaired) electrons. The number of anilines is 1. The second-order valence-corrected chi connectivity index (χ2v) is 6.83. The van der Waals surface area contributed by atoms with Crippen molar-refractivity contribution in [2.75, 3.05) is 5.32 Å². The van der Waals surface area contributed by atoms with Crippen LogP contribution in [0.25, 0.3) is 0 Å². The summed E-state index contributed by atoms with van der Waals surface area (Å²) in [6.07, 6.45) is 3.54. The van der Waals surface area contributed by atoms with E-state index in [4.69, 9.17) is 16.3 Å². The van der Waals surface area contributed by atoms with Crippen LogP contribution >= 0.6 is 11.6 Å². The highest BCUT2D eigenvalue weighted by molar-refractivity contribution is 6.30. The van der Waals surface area contributed by atoms with Crippen molar-refractivity contribution in [1.29, 1.82) is 0 Å². The number of nitrogens with zero attached hydrogens (tertiary/aromatic N) is 2. The third-order valence-electron chi connectivity index (χ3n) is 4.42. The van der Waals surface area contributed by atoms with Crippen LogP contribution in [0, 0.1) is 12.8 Å². The molecule has 1 heterocycles. The summed E-state index contributed by atoms with van der Waals surface area (Å²) in [7, 11) is 0. The third kappa shape index (κ3) is 3.73. The van der Waals surface area contributed by atoms with Gasteiger partial charge in [0.15, 0.2) is 6.10 Å². The van der Waals surface area contributed by atoms with Crippen molar-refractivity contribution < 1.29 is 9.53 Å². The summed E-state index contributed by atoms with van der Waals surface area (Å²) in [4.78, 5) is 12.5. The molecule has 1 fully saturated rings. The van der Waals surface area contributed by atoms with Gasteiger partial charge in [0.2, 0.25) is 0 Å². The van der Waals surface area contributed by atoms with Crippen LogP contribution in [0.3, 0.4) is 0 Å². The fraction of sp³-hybridized carbons (Fsp3) is 0.444.